The van der Waals surface area contributed by atoms with Crippen LogP contribution in [0.3, 0.4) is 0 Å². The molecule has 7 nitrogen and oxygen atoms in total. The number of aromatic nitrogens is 1. The second-order valence-electron chi connectivity index (χ2n) is 6.66. The van der Waals surface area contributed by atoms with E-state index in [1.165, 1.54) is 11.2 Å². The Morgan fingerprint density at radius 3 is 2.39 bits per heavy atom. The quantitative estimate of drug-likeness (QED) is 0.344. The van der Waals surface area contributed by atoms with E-state index in [0.717, 1.165) is 11.1 Å². The number of nitrogens with one attached hydrogen (secondary N) is 1. The highest BCUT2D eigenvalue weighted by Gasteiger charge is 2.16. The van der Waals surface area contributed by atoms with Crippen LogP contribution in [-0.2, 0) is 6.54 Å². The molecule has 0 saturated carbocycles. The summed E-state index contributed by atoms with van der Waals surface area (Å²) in [4.78, 5) is 16.6. The first-order valence-electron chi connectivity index (χ1n) is 9.49. The summed E-state index contributed by atoms with van der Waals surface area (Å²) < 4.78 is 0. The number of nitrogens with zero attached hydrogens (tertiary/aromatic N) is 4. The first-order chi connectivity index (χ1) is 15.0. The highest BCUT2D eigenvalue weighted by molar-refractivity contribution is 5.94. The zero-order valence-electron chi connectivity index (χ0n) is 17.0. The lowest BCUT2D eigenvalue weighted by molar-refractivity contribution is 0.0950. The van der Waals surface area contributed by atoms with Crippen LogP contribution in [0.1, 0.15) is 34.0 Å². The molecule has 2 N–H and O–H groups in total. The van der Waals surface area contributed by atoms with Gasteiger partial charge in [0, 0.05) is 25.0 Å². The van der Waals surface area contributed by atoms with E-state index in [1.807, 2.05) is 30.3 Å². The van der Waals surface area contributed by atoms with Crippen LogP contribution in [0, 0.1) is 11.3 Å². The van der Waals surface area contributed by atoms with Crippen LogP contribution in [0.4, 0.5) is 5.82 Å². The van der Waals surface area contributed by atoms with Gasteiger partial charge in [0.05, 0.1) is 17.2 Å². The number of allylic oxidation sites excluding steroid dienone is 1. The average Bonchev–Trinajstić information content (AvgIpc) is 2.83. The van der Waals surface area contributed by atoms with Gasteiger partial charge in [-0.1, -0.05) is 42.5 Å². The number of hydrogen-bond donors (Lipinski definition) is 2. The predicted octanol–water partition coefficient (Wildman–Crippen LogP) is 4.25. The first kappa shape index (κ1) is 21.3. The molecule has 2 aromatic carbocycles. The second kappa shape index (κ2) is 9.85. The Morgan fingerprint density at radius 1 is 1.13 bits per heavy atom. The van der Waals surface area contributed by atoms with Gasteiger partial charge in [0.1, 0.15) is 0 Å². The number of pyridine rings is 1. The molecule has 31 heavy (non-hydrogen) atoms. The van der Waals surface area contributed by atoms with Gasteiger partial charge >= 0.3 is 0 Å². The molecule has 0 fully saturated rings. The van der Waals surface area contributed by atoms with Gasteiger partial charge in [0.15, 0.2) is 5.82 Å². The highest BCUT2D eigenvalue weighted by Crippen LogP contribution is 2.24. The van der Waals surface area contributed by atoms with E-state index in [1.54, 1.807) is 43.3 Å². The van der Waals surface area contributed by atoms with Gasteiger partial charge in [-0.25, -0.2) is 4.98 Å². The molecule has 1 amide bonds. The van der Waals surface area contributed by atoms with E-state index in [4.69, 9.17) is 5.26 Å². The lowest BCUT2D eigenvalue weighted by Crippen LogP contribution is -2.23. The third kappa shape index (κ3) is 5.14. The van der Waals surface area contributed by atoms with Gasteiger partial charge < -0.3 is 10.4 Å². The fourth-order valence-corrected chi connectivity index (χ4v) is 2.86. The van der Waals surface area contributed by atoms with E-state index in [0.29, 0.717) is 29.1 Å². The summed E-state index contributed by atoms with van der Waals surface area (Å²) in [7, 11) is 0. The van der Waals surface area contributed by atoms with Crippen molar-refractivity contribution < 1.29 is 9.90 Å². The van der Waals surface area contributed by atoms with Crippen LogP contribution < -0.4 is 10.3 Å². The van der Waals surface area contributed by atoms with Gasteiger partial charge in [-0.05, 0) is 42.3 Å². The molecule has 0 atom stereocenters. The maximum absolute atomic E-state index is 12.4. The lowest BCUT2D eigenvalue weighted by atomic mass is 10.1. The van der Waals surface area contributed by atoms with Crippen molar-refractivity contribution in [2.75, 3.05) is 5.01 Å². The standard InChI is InChI=1S/C24H21N5O2/c1-17(20-10-8-18(14-25)9-11-20)24(31)29(26-2)22-13-12-21(16-27-22)23(30)28-15-19-6-4-3-5-7-19/h3-13,16,31H,2,15H2,1H3,(H,28,30)/b24-17-. The molecular formula is C24H21N5O2. The third-order valence-corrected chi connectivity index (χ3v) is 4.65. The normalized spacial score (nSPS) is 11.1. The number of aliphatic hydroxyl groups excluding tert-OH is 1. The molecule has 0 unspecified atom stereocenters. The van der Waals surface area contributed by atoms with E-state index in [9.17, 15) is 9.90 Å². The molecule has 0 spiro atoms. The summed E-state index contributed by atoms with van der Waals surface area (Å²) in [6, 6.07) is 21.6. The second-order valence-corrected chi connectivity index (χ2v) is 6.66. The van der Waals surface area contributed by atoms with Crippen LogP contribution >= 0.6 is 0 Å². The van der Waals surface area contributed by atoms with Gasteiger partial charge in [-0.15, -0.1) is 0 Å². The molecule has 0 aliphatic rings. The minimum absolute atomic E-state index is 0.159. The Balaban J connectivity index is 1.75. The molecule has 3 rings (SSSR count). The molecule has 0 bridgehead atoms. The fourth-order valence-electron chi connectivity index (χ4n) is 2.86. The molecule has 7 heteroatoms. The number of carbonyl (C=O) groups is 1. The van der Waals surface area contributed by atoms with Crippen molar-refractivity contribution >= 4 is 24.0 Å². The number of benzene rings is 2. The maximum atomic E-state index is 12.4. The molecule has 1 aromatic heterocycles. The number of hydrogen-bond acceptors (Lipinski definition) is 6. The third-order valence-electron chi connectivity index (χ3n) is 4.65. The Kier molecular flexibility index (Phi) is 6.76. The summed E-state index contributed by atoms with van der Waals surface area (Å²) in [5.41, 5.74) is 3.16. The van der Waals surface area contributed by atoms with E-state index in [2.05, 4.69) is 28.2 Å². The average molecular weight is 411 g/mol. The first-order valence-corrected chi connectivity index (χ1v) is 9.49. The predicted molar refractivity (Wildman–Crippen MR) is 120 cm³/mol. The van der Waals surface area contributed by atoms with Gasteiger partial charge in [-0.2, -0.15) is 15.4 Å². The number of hydrazone groups is 1. The lowest BCUT2D eigenvalue weighted by Gasteiger charge is -2.18. The molecule has 3 aromatic rings. The molecular weight excluding hydrogens is 390 g/mol. The zero-order valence-corrected chi connectivity index (χ0v) is 17.0. The Hall–Kier alpha value is -4.44. The van der Waals surface area contributed by atoms with Gasteiger partial charge in [0.25, 0.3) is 5.91 Å². The van der Waals surface area contributed by atoms with Crippen molar-refractivity contribution in [3.05, 3.63) is 101 Å². The summed E-state index contributed by atoms with van der Waals surface area (Å²) >= 11 is 0. The molecule has 0 aliphatic carbocycles. The Labute approximate surface area is 180 Å². The molecule has 1 heterocycles. The molecule has 0 saturated heterocycles. The van der Waals surface area contributed by atoms with Crippen molar-refractivity contribution in [2.45, 2.75) is 13.5 Å². The number of nitriles is 1. The van der Waals surface area contributed by atoms with Gasteiger partial charge in [-0.3, -0.25) is 4.79 Å². The van der Waals surface area contributed by atoms with Crippen molar-refractivity contribution in [3.8, 4) is 6.07 Å². The van der Waals surface area contributed by atoms with Crippen molar-refractivity contribution in [3.63, 3.8) is 0 Å². The number of rotatable bonds is 7. The van der Waals surface area contributed by atoms with Crippen molar-refractivity contribution in [1.82, 2.24) is 10.3 Å². The minimum Gasteiger partial charge on any atom is -0.493 e. The minimum atomic E-state index is -0.255. The van der Waals surface area contributed by atoms with E-state index >= 15 is 0 Å². The Morgan fingerprint density at radius 2 is 1.81 bits per heavy atom. The largest absolute Gasteiger partial charge is 0.493 e. The van der Waals surface area contributed by atoms with Crippen LogP contribution in [0.25, 0.3) is 5.57 Å². The number of aliphatic hydroxyl groups is 1. The Bertz CT molecular complexity index is 1130. The van der Waals surface area contributed by atoms with E-state index < -0.39 is 0 Å². The topological polar surface area (TPSA) is 102 Å². The van der Waals surface area contributed by atoms with Crippen molar-refractivity contribution in [2.24, 2.45) is 5.10 Å². The van der Waals surface area contributed by atoms with Crippen LogP contribution in [0.5, 0.6) is 0 Å². The SMILES string of the molecule is C=NN(/C(O)=C(\C)c1ccc(C#N)cc1)c1ccc(C(=O)NCc2ccccc2)cn1. The summed E-state index contributed by atoms with van der Waals surface area (Å²) in [6.45, 7) is 5.64. The molecule has 154 valence electrons. The van der Waals surface area contributed by atoms with Crippen LogP contribution in [0.2, 0.25) is 0 Å². The number of amides is 1. The summed E-state index contributed by atoms with van der Waals surface area (Å²) in [5, 5.41) is 27.5. The summed E-state index contributed by atoms with van der Waals surface area (Å²) in [6.07, 6.45) is 1.41. The number of anilines is 1. The number of carbonyl (C=O) groups excluding carboxylic acids is 1. The molecule has 0 aliphatic heterocycles. The smallest absolute Gasteiger partial charge is 0.253 e. The highest BCUT2D eigenvalue weighted by atomic mass is 16.3. The zero-order chi connectivity index (χ0) is 22.2. The monoisotopic (exact) mass is 411 g/mol. The van der Waals surface area contributed by atoms with Crippen LogP contribution in [0.15, 0.2) is 83.9 Å². The van der Waals surface area contributed by atoms with Crippen molar-refractivity contribution in [1.29, 1.82) is 5.26 Å². The maximum Gasteiger partial charge on any atom is 0.253 e. The van der Waals surface area contributed by atoms with Crippen LogP contribution in [-0.4, -0.2) is 22.7 Å². The van der Waals surface area contributed by atoms with Gasteiger partial charge in [0.2, 0.25) is 5.88 Å². The fraction of sp³-hybridized carbons (Fsp3) is 0.0833. The summed E-state index contributed by atoms with van der Waals surface area (Å²) in [5.74, 6) is -0.108. The van der Waals surface area contributed by atoms with E-state index in [-0.39, 0.29) is 11.8 Å². The molecule has 0 radical (unpaired) electrons.